The van der Waals surface area contributed by atoms with Crippen LogP contribution in [0.4, 0.5) is 5.82 Å². The van der Waals surface area contributed by atoms with E-state index in [0.717, 1.165) is 0 Å². The molecule has 1 heterocycles. The smallest absolute Gasteiger partial charge is 0.316 e. The number of thioether (sulfide) groups is 1. The second kappa shape index (κ2) is 6.04. The number of nitrogens with zero attached hydrogens (tertiary/aromatic N) is 2. The first kappa shape index (κ1) is 14.8. The molecule has 0 fully saturated rings. The molecule has 100 valence electrons. The fraction of sp³-hybridized carbons (Fsp3) is 0.583. The molecule has 0 atom stereocenters. The number of ether oxygens (including phenoxy) is 1. The van der Waals surface area contributed by atoms with E-state index >= 15 is 0 Å². The lowest BCUT2D eigenvalue weighted by Gasteiger charge is -2.19. The lowest BCUT2D eigenvalue weighted by atomic mass is 10.2. The minimum Gasteiger partial charge on any atom is -0.459 e. The number of carbonyl (C=O) groups is 1. The molecule has 0 saturated carbocycles. The number of anilines is 1. The monoisotopic (exact) mass is 269 g/mol. The number of hydrogen-bond donors (Lipinski definition) is 1. The number of rotatable bonds is 4. The lowest BCUT2D eigenvalue weighted by Crippen LogP contribution is -2.24. The summed E-state index contributed by atoms with van der Waals surface area (Å²) in [5.74, 6) is 1.06. The lowest BCUT2D eigenvalue weighted by molar-refractivity contribution is -0.151. The Morgan fingerprint density at radius 2 is 2.11 bits per heavy atom. The van der Waals surface area contributed by atoms with Gasteiger partial charge in [0.1, 0.15) is 22.3 Å². The molecule has 18 heavy (non-hydrogen) atoms. The van der Waals surface area contributed by atoms with Crippen LogP contribution in [0.25, 0.3) is 0 Å². The van der Waals surface area contributed by atoms with Crippen molar-refractivity contribution in [3.63, 3.8) is 0 Å². The second-order valence-corrected chi connectivity index (χ2v) is 5.77. The van der Waals surface area contributed by atoms with Crippen LogP contribution in [0.15, 0.2) is 11.1 Å². The van der Waals surface area contributed by atoms with Crippen molar-refractivity contribution in [3.05, 3.63) is 11.9 Å². The molecule has 0 radical (unpaired) electrons. The van der Waals surface area contributed by atoms with Gasteiger partial charge in [0, 0.05) is 12.5 Å². The van der Waals surface area contributed by atoms with E-state index in [-0.39, 0.29) is 11.7 Å². The zero-order valence-electron chi connectivity index (χ0n) is 11.2. The molecule has 0 aliphatic heterocycles. The number of hydrogen-bond acceptors (Lipinski definition) is 6. The summed E-state index contributed by atoms with van der Waals surface area (Å²) in [7, 11) is 0. The van der Waals surface area contributed by atoms with Gasteiger partial charge in [-0.3, -0.25) is 4.79 Å². The molecule has 0 aliphatic rings. The van der Waals surface area contributed by atoms with Gasteiger partial charge in [0.2, 0.25) is 0 Å². The van der Waals surface area contributed by atoms with E-state index in [1.807, 2.05) is 27.7 Å². The van der Waals surface area contributed by atoms with Crippen molar-refractivity contribution in [2.24, 2.45) is 0 Å². The SMILES string of the molecule is CCc1nc(N)cc(SCC(=O)OC(C)(C)C)n1. The van der Waals surface area contributed by atoms with Crippen LogP contribution in [0, 0.1) is 0 Å². The Bertz CT molecular complexity index is 430. The maximum Gasteiger partial charge on any atom is 0.316 e. The van der Waals surface area contributed by atoms with E-state index in [1.165, 1.54) is 11.8 Å². The average molecular weight is 269 g/mol. The summed E-state index contributed by atoms with van der Waals surface area (Å²) in [4.78, 5) is 19.9. The van der Waals surface area contributed by atoms with Crippen molar-refractivity contribution in [1.29, 1.82) is 0 Å². The van der Waals surface area contributed by atoms with Crippen LogP contribution in [0.2, 0.25) is 0 Å². The summed E-state index contributed by atoms with van der Waals surface area (Å²) in [5, 5.41) is 0.699. The van der Waals surface area contributed by atoms with Crippen molar-refractivity contribution in [2.45, 2.75) is 44.7 Å². The summed E-state index contributed by atoms with van der Waals surface area (Å²) < 4.78 is 5.21. The van der Waals surface area contributed by atoms with E-state index in [4.69, 9.17) is 10.5 Å². The van der Waals surface area contributed by atoms with Crippen molar-refractivity contribution < 1.29 is 9.53 Å². The van der Waals surface area contributed by atoms with Gasteiger partial charge in [0.25, 0.3) is 0 Å². The first-order valence-corrected chi connectivity index (χ1v) is 6.77. The van der Waals surface area contributed by atoms with E-state index in [2.05, 4.69) is 9.97 Å². The number of aryl methyl sites for hydroxylation is 1. The highest BCUT2D eigenvalue weighted by Gasteiger charge is 2.16. The first-order chi connectivity index (χ1) is 8.30. The van der Waals surface area contributed by atoms with Gasteiger partial charge in [-0.15, -0.1) is 0 Å². The molecule has 0 spiro atoms. The third-order valence-electron chi connectivity index (χ3n) is 1.84. The Balaban J connectivity index is 2.58. The molecule has 0 bridgehead atoms. The molecule has 0 aromatic carbocycles. The van der Waals surface area contributed by atoms with Gasteiger partial charge in [-0.05, 0) is 20.8 Å². The average Bonchev–Trinajstić information content (AvgIpc) is 2.23. The number of carbonyl (C=O) groups excluding carboxylic acids is 1. The van der Waals surface area contributed by atoms with Gasteiger partial charge in [0.05, 0.1) is 5.75 Å². The van der Waals surface area contributed by atoms with Crippen molar-refractivity contribution in [2.75, 3.05) is 11.5 Å². The highest BCUT2D eigenvalue weighted by Crippen LogP contribution is 2.19. The van der Waals surface area contributed by atoms with Crippen molar-refractivity contribution in [1.82, 2.24) is 9.97 Å². The van der Waals surface area contributed by atoms with Crippen molar-refractivity contribution in [3.8, 4) is 0 Å². The third kappa shape index (κ3) is 5.35. The molecule has 5 nitrogen and oxygen atoms in total. The second-order valence-electron chi connectivity index (χ2n) is 4.78. The standard InChI is InChI=1S/C12H19N3O2S/c1-5-9-14-8(13)6-10(15-9)18-7-11(16)17-12(2,3)4/h6H,5,7H2,1-4H3,(H2,13,14,15). The third-order valence-corrected chi connectivity index (χ3v) is 2.73. The van der Waals surface area contributed by atoms with Crippen molar-refractivity contribution >= 4 is 23.5 Å². The predicted octanol–water partition coefficient (Wildman–Crippen LogP) is 2.05. The van der Waals surface area contributed by atoms with Crippen LogP contribution in [0.3, 0.4) is 0 Å². The zero-order chi connectivity index (χ0) is 13.8. The van der Waals surface area contributed by atoms with Crippen LogP contribution in [0.1, 0.15) is 33.5 Å². The van der Waals surface area contributed by atoms with E-state index in [9.17, 15) is 4.79 Å². The van der Waals surface area contributed by atoms with Crippen LogP contribution in [-0.2, 0) is 16.0 Å². The van der Waals surface area contributed by atoms with Crippen LogP contribution >= 0.6 is 11.8 Å². The van der Waals surface area contributed by atoms with Crippen LogP contribution < -0.4 is 5.73 Å². The number of nitrogens with two attached hydrogens (primary N) is 1. The van der Waals surface area contributed by atoms with Gasteiger partial charge >= 0.3 is 5.97 Å². The number of esters is 1. The summed E-state index contributed by atoms with van der Waals surface area (Å²) >= 11 is 1.31. The summed E-state index contributed by atoms with van der Waals surface area (Å²) in [5.41, 5.74) is 5.20. The Kier molecular flexibility index (Phi) is 4.95. The first-order valence-electron chi connectivity index (χ1n) is 5.78. The topological polar surface area (TPSA) is 78.1 Å². The maximum absolute atomic E-state index is 11.6. The Labute approximate surface area is 112 Å². The fourth-order valence-corrected chi connectivity index (χ4v) is 1.93. The predicted molar refractivity (Wildman–Crippen MR) is 72.4 cm³/mol. The molecule has 0 saturated heterocycles. The molecule has 1 rings (SSSR count). The van der Waals surface area contributed by atoms with Gasteiger partial charge in [0.15, 0.2) is 0 Å². The summed E-state index contributed by atoms with van der Waals surface area (Å²) in [6.45, 7) is 7.48. The van der Waals surface area contributed by atoms with Gasteiger partial charge in [-0.1, -0.05) is 18.7 Å². The highest BCUT2D eigenvalue weighted by atomic mass is 32.2. The van der Waals surface area contributed by atoms with E-state index in [1.54, 1.807) is 6.07 Å². The summed E-state index contributed by atoms with van der Waals surface area (Å²) in [6.07, 6.45) is 0.713. The Morgan fingerprint density at radius 3 is 2.67 bits per heavy atom. The zero-order valence-corrected chi connectivity index (χ0v) is 12.0. The number of aromatic nitrogens is 2. The van der Waals surface area contributed by atoms with Gasteiger partial charge in [-0.25, -0.2) is 9.97 Å². The molecule has 0 amide bonds. The molecular weight excluding hydrogens is 250 g/mol. The maximum atomic E-state index is 11.6. The molecular formula is C12H19N3O2S. The molecule has 0 unspecified atom stereocenters. The molecule has 1 aromatic rings. The Hall–Kier alpha value is -1.30. The van der Waals surface area contributed by atoms with Crippen LogP contribution in [-0.4, -0.2) is 27.3 Å². The Morgan fingerprint density at radius 1 is 1.44 bits per heavy atom. The largest absolute Gasteiger partial charge is 0.459 e. The summed E-state index contributed by atoms with van der Waals surface area (Å²) in [6, 6.07) is 1.66. The fourth-order valence-electron chi connectivity index (χ4n) is 1.23. The molecule has 2 N–H and O–H groups in total. The van der Waals surface area contributed by atoms with E-state index in [0.29, 0.717) is 23.1 Å². The minimum atomic E-state index is -0.461. The molecule has 0 aliphatic carbocycles. The number of nitrogen functional groups attached to an aromatic ring is 1. The highest BCUT2D eigenvalue weighted by molar-refractivity contribution is 7.99. The minimum absolute atomic E-state index is 0.219. The molecule has 1 aromatic heterocycles. The van der Waals surface area contributed by atoms with E-state index < -0.39 is 5.60 Å². The normalized spacial score (nSPS) is 11.3. The quantitative estimate of drug-likeness (QED) is 0.512. The van der Waals surface area contributed by atoms with Gasteiger partial charge < -0.3 is 10.5 Å². The van der Waals surface area contributed by atoms with Crippen LogP contribution in [0.5, 0.6) is 0 Å². The van der Waals surface area contributed by atoms with Gasteiger partial charge in [-0.2, -0.15) is 0 Å². The molecule has 6 heteroatoms.